The number of carboxylic acids is 1. The number of rotatable bonds is 3. The summed E-state index contributed by atoms with van der Waals surface area (Å²) in [5.41, 5.74) is 0. The lowest BCUT2D eigenvalue weighted by atomic mass is 9.85. The van der Waals surface area contributed by atoms with Crippen molar-refractivity contribution in [3.05, 3.63) is 0 Å². The van der Waals surface area contributed by atoms with Gasteiger partial charge in [-0.15, -0.1) is 0 Å². The lowest BCUT2D eigenvalue weighted by Crippen LogP contribution is -2.64. The van der Waals surface area contributed by atoms with Crippen molar-refractivity contribution >= 4 is 11.9 Å². The summed E-state index contributed by atoms with van der Waals surface area (Å²) in [6, 6.07) is 0. The topological polar surface area (TPSA) is 165 Å². The number of aliphatic hydroxyl groups is 5. The monoisotopic (exact) mass is 266 g/mol. The molecule has 0 aromatic carbocycles. The number of ether oxygens (including phenoxy) is 1. The van der Waals surface area contributed by atoms with Crippen LogP contribution < -0.4 is 0 Å². The van der Waals surface area contributed by atoms with E-state index >= 15 is 0 Å². The van der Waals surface area contributed by atoms with E-state index in [1.807, 2.05) is 0 Å². The zero-order valence-electron chi connectivity index (χ0n) is 9.08. The average Bonchev–Trinajstić information content (AvgIpc) is 2.29. The van der Waals surface area contributed by atoms with E-state index in [4.69, 9.17) is 5.11 Å². The molecule has 9 heteroatoms. The third kappa shape index (κ3) is 2.94. The normalized spacial score (nSPS) is 40.3. The van der Waals surface area contributed by atoms with Crippen LogP contribution in [0.2, 0.25) is 0 Å². The molecule has 1 saturated carbocycles. The summed E-state index contributed by atoms with van der Waals surface area (Å²) in [5.74, 6) is -2.72. The zero-order chi connectivity index (χ0) is 14.0. The summed E-state index contributed by atoms with van der Waals surface area (Å²) in [5, 5.41) is 55.1. The van der Waals surface area contributed by atoms with Crippen LogP contribution >= 0.6 is 0 Å². The third-order valence-corrected chi connectivity index (χ3v) is 2.64. The molecule has 0 heterocycles. The predicted octanol–water partition coefficient (Wildman–Crippen LogP) is -3.81. The maximum atomic E-state index is 11.1. The molecule has 2 unspecified atom stereocenters. The van der Waals surface area contributed by atoms with Gasteiger partial charge in [0.25, 0.3) is 0 Å². The number of carbonyl (C=O) groups is 2. The fourth-order valence-corrected chi connectivity index (χ4v) is 1.65. The van der Waals surface area contributed by atoms with Gasteiger partial charge < -0.3 is 35.4 Å². The Hall–Kier alpha value is -1.26. The van der Waals surface area contributed by atoms with E-state index in [9.17, 15) is 35.1 Å². The van der Waals surface area contributed by atoms with Crippen molar-refractivity contribution < 1.29 is 45.0 Å². The molecule has 6 N–H and O–H groups in total. The van der Waals surface area contributed by atoms with E-state index in [-0.39, 0.29) is 0 Å². The second-order valence-electron chi connectivity index (χ2n) is 3.98. The second kappa shape index (κ2) is 5.59. The zero-order valence-corrected chi connectivity index (χ0v) is 9.08. The number of carboxylic acid groups (broad SMARTS) is 1. The molecule has 0 saturated heterocycles. The van der Waals surface area contributed by atoms with Crippen LogP contribution in [0.5, 0.6) is 0 Å². The van der Waals surface area contributed by atoms with E-state index in [1.165, 1.54) is 0 Å². The van der Waals surface area contributed by atoms with Crippen LogP contribution in [0.4, 0.5) is 0 Å². The molecule has 0 radical (unpaired) electrons. The van der Waals surface area contributed by atoms with Gasteiger partial charge in [0.15, 0.2) is 6.10 Å². The van der Waals surface area contributed by atoms with Crippen LogP contribution in [0.1, 0.15) is 6.42 Å². The van der Waals surface area contributed by atoms with Crippen LogP contribution in [0.15, 0.2) is 0 Å². The van der Waals surface area contributed by atoms with Crippen LogP contribution in [0.3, 0.4) is 0 Å². The van der Waals surface area contributed by atoms with Gasteiger partial charge in [-0.3, -0.25) is 9.59 Å². The van der Waals surface area contributed by atoms with Gasteiger partial charge in [0.05, 0.1) is 0 Å². The highest BCUT2D eigenvalue weighted by Crippen LogP contribution is 2.24. The van der Waals surface area contributed by atoms with Gasteiger partial charge in [-0.05, 0) is 0 Å². The summed E-state index contributed by atoms with van der Waals surface area (Å²) in [6.45, 7) is 0. The van der Waals surface area contributed by atoms with Crippen LogP contribution in [-0.4, -0.2) is 79.2 Å². The number of aliphatic hydroxyl groups excluding tert-OH is 5. The predicted molar refractivity (Wildman–Crippen MR) is 52.2 cm³/mol. The van der Waals surface area contributed by atoms with Gasteiger partial charge in [0, 0.05) is 0 Å². The van der Waals surface area contributed by atoms with Gasteiger partial charge in [-0.1, -0.05) is 0 Å². The van der Waals surface area contributed by atoms with E-state index < -0.39 is 55.0 Å². The van der Waals surface area contributed by atoms with E-state index in [2.05, 4.69) is 4.74 Å². The standard InChI is InChI=1S/C9H14O9/c10-2(11)1-3(12)18-9-7(16)5(14)4(13)6(15)8(9)17/h4-9,13-17H,1H2,(H,10,11)/t4?,5-,6+,7-,8-,9?/m0/s1. The van der Waals surface area contributed by atoms with E-state index in [1.54, 1.807) is 0 Å². The number of hydrogen-bond acceptors (Lipinski definition) is 8. The minimum absolute atomic E-state index is 0.995. The molecule has 1 fully saturated rings. The van der Waals surface area contributed by atoms with Crippen molar-refractivity contribution in [2.24, 2.45) is 0 Å². The Labute approximate surface area is 101 Å². The molecule has 1 aliphatic rings. The smallest absolute Gasteiger partial charge is 0.317 e. The first kappa shape index (κ1) is 14.8. The molecular formula is C9H14O9. The highest BCUT2D eigenvalue weighted by molar-refractivity contribution is 5.90. The SMILES string of the molecule is O=C(O)CC(=O)OC1[C@@H](O)[C@H](O)C(O)[C@H](O)[C@@H]1O. The van der Waals surface area contributed by atoms with Gasteiger partial charge in [0.1, 0.15) is 36.9 Å². The number of aliphatic carboxylic acids is 1. The summed E-state index contributed by atoms with van der Waals surface area (Å²) in [4.78, 5) is 21.3. The molecule has 9 nitrogen and oxygen atoms in total. The fourth-order valence-electron chi connectivity index (χ4n) is 1.65. The first-order valence-electron chi connectivity index (χ1n) is 5.07. The summed E-state index contributed by atoms with van der Waals surface area (Å²) in [6.07, 6.45) is -11.8. The Kier molecular flexibility index (Phi) is 4.59. The highest BCUT2D eigenvalue weighted by Gasteiger charge is 2.50. The molecule has 0 aromatic heterocycles. The van der Waals surface area contributed by atoms with Crippen molar-refractivity contribution in [2.45, 2.75) is 43.0 Å². The van der Waals surface area contributed by atoms with Crippen LogP contribution in [0.25, 0.3) is 0 Å². The summed E-state index contributed by atoms with van der Waals surface area (Å²) >= 11 is 0. The molecule has 0 bridgehead atoms. The van der Waals surface area contributed by atoms with Crippen LogP contribution in [0, 0.1) is 0 Å². The minimum Gasteiger partial charge on any atom is -0.481 e. The first-order chi connectivity index (χ1) is 8.25. The number of esters is 1. The quantitative estimate of drug-likeness (QED) is 0.222. The van der Waals surface area contributed by atoms with Crippen LogP contribution in [-0.2, 0) is 14.3 Å². The highest BCUT2D eigenvalue weighted by atomic mass is 16.6. The van der Waals surface area contributed by atoms with Crippen molar-refractivity contribution in [1.82, 2.24) is 0 Å². The van der Waals surface area contributed by atoms with E-state index in [0.29, 0.717) is 0 Å². The van der Waals surface area contributed by atoms with Crippen molar-refractivity contribution in [2.75, 3.05) is 0 Å². The Balaban J connectivity index is 2.74. The van der Waals surface area contributed by atoms with Crippen molar-refractivity contribution in [3.63, 3.8) is 0 Å². The number of hydrogen-bond donors (Lipinski definition) is 6. The molecule has 18 heavy (non-hydrogen) atoms. The van der Waals surface area contributed by atoms with Gasteiger partial charge in [0.2, 0.25) is 0 Å². The fraction of sp³-hybridized carbons (Fsp3) is 0.778. The minimum atomic E-state index is -1.84. The van der Waals surface area contributed by atoms with Gasteiger partial charge in [-0.25, -0.2) is 0 Å². The third-order valence-electron chi connectivity index (χ3n) is 2.64. The summed E-state index contributed by atoms with van der Waals surface area (Å²) < 4.78 is 4.46. The Bertz CT molecular complexity index is 314. The first-order valence-corrected chi connectivity index (χ1v) is 5.07. The maximum Gasteiger partial charge on any atom is 0.317 e. The van der Waals surface area contributed by atoms with Gasteiger partial charge in [-0.2, -0.15) is 0 Å². The Morgan fingerprint density at radius 1 is 0.833 bits per heavy atom. The summed E-state index contributed by atoms with van der Waals surface area (Å²) in [7, 11) is 0. The van der Waals surface area contributed by atoms with Crippen molar-refractivity contribution in [3.8, 4) is 0 Å². The van der Waals surface area contributed by atoms with Crippen molar-refractivity contribution in [1.29, 1.82) is 0 Å². The number of carbonyl (C=O) groups excluding carboxylic acids is 1. The molecule has 0 amide bonds. The molecule has 0 aliphatic heterocycles. The maximum absolute atomic E-state index is 11.1. The molecule has 6 atom stereocenters. The van der Waals surface area contributed by atoms with E-state index in [0.717, 1.165) is 0 Å². The molecule has 0 spiro atoms. The largest absolute Gasteiger partial charge is 0.481 e. The molecule has 104 valence electrons. The molecule has 0 aromatic rings. The molecular weight excluding hydrogens is 252 g/mol. The lowest BCUT2D eigenvalue weighted by Gasteiger charge is -2.40. The Morgan fingerprint density at radius 2 is 1.22 bits per heavy atom. The second-order valence-corrected chi connectivity index (χ2v) is 3.98. The Morgan fingerprint density at radius 3 is 1.61 bits per heavy atom. The average molecular weight is 266 g/mol. The van der Waals surface area contributed by atoms with Gasteiger partial charge >= 0.3 is 11.9 Å². The lowest BCUT2D eigenvalue weighted by molar-refractivity contribution is -0.233. The molecule has 1 aliphatic carbocycles. The molecule has 1 rings (SSSR count).